The highest BCUT2D eigenvalue weighted by molar-refractivity contribution is 14.1. The second-order valence-corrected chi connectivity index (χ2v) is 8.22. The number of sulfonamides is 1. The fourth-order valence-corrected chi connectivity index (χ4v) is 3.15. The molecule has 0 heterocycles. The summed E-state index contributed by atoms with van der Waals surface area (Å²) in [6, 6.07) is 10.7. The van der Waals surface area contributed by atoms with E-state index in [0.29, 0.717) is 16.3 Å². The van der Waals surface area contributed by atoms with Gasteiger partial charge >= 0.3 is 0 Å². The zero-order chi connectivity index (χ0) is 17.9. The van der Waals surface area contributed by atoms with Gasteiger partial charge in [0, 0.05) is 9.26 Å². The van der Waals surface area contributed by atoms with Crippen molar-refractivity contribution in [2.75, 3.05) is 5.32 Å². The number of halogens is 2. The summed E-state index contributed by atoms with van der Waals surface area (Å²) >= 11 is 13.1. The Morgan fingerprint density at radius 3 is 2.38 bits per heavy atom. The van der Waals surface area contributed by atoms with E-state index in [4.69, 9.17) is 29.0 Å². The molecular formula is C14H11ClIN3O3S2. The van der Waals surface area contributed by atoms with E-state index in [0.717, 1.165) is 3.57 Å². The monoisotopic (exact) mass is 495 g/mol. The van der Waals surface area contributed by atoms with Gasteiger partial charge in [-0.1, -0.05) is 11.6 Å². The van der Waals surface area contributed by atoms with Gasteiger partial charge in [-0.3, -0.25) is 10.1 Å². The van der Waals surface area contributed by atoms with Gasteiger partial charge in [0.15, 0.2) is 5.11 Å². The number of hydrogen-bond donors (Lipinski definition) is 3. The number of primary sulfonamides is 1. The van der Waals surface area contributed by atoms with Crippen LogP contribution in [0.4, 0.5) is 5.69 Å². The SMILES string of the molecule is NS(=O)(=O)c1ccc(NC(=S)NC(=O)c2cc(I)ccc2Cl)cc1. The number of amides is 1. The Kier molecular flexibility index (Phi) is 6.15. The van der Waals surface area contributed by atoms with E-state index >= 15 is 0 Å². The minimum atomic E-state index is -3.76. The molecule has 0 unspecified atom stereocenters. The number of carbonyl (C=O) groups is 1. The largest absolute Gasteiger partial charge is 0.332 e. The Labute approximate surface area is 163 Å². The number of thiocarbonyl (C=S) groups is 1. The Hall–Kier alpha value is -1.27. The van der Waals surface area contributed by atoms with E-state index in [1.165, 1.54) is 24.3 Å². The van der Waals surface area contributed by atoms with E-state index in [1.807, 2.05) is 0 Å². The normalized spacial score (nSPS) is 11.0. The maximum absolute atomic E-state index is 12.2. The molecule has 0 saturated carbocycles. The molecule has 2 rings (SSSR count). The molecule has 2 aromatic carbocycles. The first-order valence-corrected chi connectivity index (χ1v) is 9.78. The van der Waals surface area contributed by atoms with Crippen molar-refractivity contribution in [3.63, 3.8) is 0 Å². The number of rotatable bonds is 3. The molecule has 4 N–H and O–H groups in total. The Bertz CT molecular complexity index is 902. The van der Waals surface area contributed by atoms with Crippen molar-refractivity contribution in [3.05, 3.63) is 56.6 Å². The van der Waals surface area contributed by atoms with Crippen molar-refractivity contribution >= 4 is 73.1 Å². The van der Waals surface area contributed by atoms with Gasteiger partial charge in [0.2, 0.25) is 10.0 Å². The lowest BCUT2D eigenvalue weighted by molar-refractivity contribution is 0.0978. The molecular weight excluding hydrogens is 485 g/mol. The number of anilines is 1. The highest BCUT2D eigenvalue weighted by Crippen LogP contribution is 2.19. The van der Waals surface area contributed by atoms with E-state index in [9.17, 15) is 13.2 Å². The number of carbonyl (C=O) groups excluding carboxylic acids is 1. The van der Waals surface area contributed by atoms with Gasteiger partial charge in [-0.2, -0.15) is 0 Å². The van der Waals surface area contributed by atoms with Gasteiger partial charge in [0.05, 0.1) is 15.5 Å². The van der Waals surface area contributed by atoms with Crippen molar-refractivity contribution < 1.29 is 13.2 Å². The molecule has 6 nitrogen and oxygen atoms in total. The molecule has 0 fully saturated rings. The fraction of sp³-hybridized carbons (Fsp3) is 0. The maximum Gasteiger partial charge on any atom is 0.258 e. The number of hydrogen-bond acceptors (Lipinski definition) is 4. The number of nitrogens with two attached hydrogens (primary N) is 1. The topological polar surface area (TPSA) is 101 Å². The summed E-state index contributed by atoms with van der Waals surface area (Å²) in [6.45, 7) is 0. The molecule has 126 valence electrons. The summed E-state index contributed by atoms with van der Waals surface area (Å²) in [5.41, 5.74) is 0.804. The first kappa shape index (κ1) is 19.1. The van der Waals surface area contributed by atoms with E-state index in [1.54, 1.807) is 18.2 Å². The molecule has 0 spiro atoms. The zero-order valence-electron chi connectivity index (χ0n) is 11.9. The van der Waals surface area contributed by atoms with Crippen LogP contribution in [0.3, 0.4) is 0 Å². The van der Waals surface area contributed by atoms with Crippen molar-refractivity contribution in [1.29, 1.82) is 0 Å². The molecule has 0 aromatic heterocycles. The molecule has 2 aromatic rings. The molecule has 0 radical (unpaired) electrons. The van der Waals surface area contributed by atoms with Gasteiger partial charge < -0.3 is 5.32 Å². The summed E-state index contributed by atoms with van der Waals surface area (Å²) < 4.78 is 23.2. The minimum Gasteiger partial charge on any atom is -0.332 e. The Morgan fingerprint density at radius 2 is 1.79 bits per heavy atom. The quantitative estimate of drug-likeness (QED) is 0.449. The zero-order valence-corrected chi connectivity index (χ0v) is 16.5. The Morgan fingerprint density at radius 1 is 1.17 bits per heavy atom. The van der Waals surface area contributed by atoms with Gasteiger partial charge in [-0.15, -0.1) is 0 Å². The summed E-state index contributed by atoms with van der Waals surface area (Å²) in [6.07, 6.45) is 0. The predicted molar refractivity (Wildman–Crippen MR) is 106 cm³/mol. The standard InChI is InChI=1S/C14H11ClIN3O3S2/c15-12-6-1-8(16)7-11(12)13(20)19-14(23)18-9-2-4-10(5-3-9)24(17,21)22/h1-7H,(H2,17,21,22)(H2,18,19,20,23). The van der Waals surface area contributed by atoms with Crippen molar-refractivity contribution in [3.8, 4) is 0 Å². The van der Waals surface area contributed by atoms with Crippen LogP contribution >= 0.6 is 46.4 Å². The number of nitrogens with one attached hydrogen (secondary N) is 2. The lowest BCUT2D eigenvalue weighted by Gasteiger charge is -2.11. The van der Waals surface area contributed by atoms with Crippen molar-refractivity contribution in [2.45, 2.75) is 4.90 Å². The number of benzene rings is 2. The molecule has 0 bridgehead atoms. The first-order valence-electron chi connectivity index (χ1n) is 6.37. The Balaban J connectivity index is 2.05. The second-order valence-electron chi connectivity index (χ2n) is 4.60. The van der Waals surface area contributed by atoms with Crippen LogP contribution in [0.5, 0.6) is 0 Å². The molecule has 10 heteroatoms. The van der Waals surface area contributed by atoms with Crippen LogP contribution < -0.4 is 15.8 Å². The van der Waals surface area contributed by atoms with E-state index < -0.39 is 15.9 Å². The summed E-state index contributed by atoms with van der Waals surface area (Å²) in [5, 5.41) is 10.7. The minimum absolute atomic E-state index is 0.0198. The van der Waals surface area contributed by atoms with E-state index in [2.05, 4.69) is 33.2 Å². The van der Waals surface area contributed by atoms with Crippen molar-refractivity contribution in [1.82, 2.24) is 5.32 Å². The fourth-order valence-electron chi connectivity index (χ4n) is 1.73. The third-order valence-electron chi connectivity index (χ3n) is 2.84. The molecule has 0 atom stereocenters. The predicted octanol–water partition coefficient (Wildman–Crippen LogP) is 2.72. The van der Waals surface area contributed by atoms with Crippen LogP contribution in [-0.4, -0.2) is 19.4 Å². The smallest absolute Gasteiger partial charge is 0.258 e. The molecule has 0 aliphatic heterocycles. The second kappa shape index (κ2) is 7.74. The third kappa shape index (κ3) is 5.11. The highest BCUT2D eigenvalue weighted by Gasteiger charge is 2.13. The lowest BCUT2D eigenvalue weighted by Crippen LogP contribution is -2.34. The van der Waals surface area contributed by atoms with E-state index in [-0.39, 0.29) is 10.0 Å². The van der Waals surface area contributed by atoms with Gasteiger partial charge in [0.25, 0.3) is 5.91 Å². The maximum atomic E-state index is 12.2. The van der Waals surface area contributed by atoms with Gasteiger partial charge in [-0.25, -0.2) is 13.6 Å². The van der Waals surface area contributed by atoms with Crippen LogP contribution in [0.2, 0.25) is 5.02 Å². The molecule has 0 aliphatic rings. The van der Waals surface area contributed by atoms with Crippen LogP contribution in [0.15, 0.2) is 47.4 Å². The summed E-state index contributed by atoms with van der Waals surface area (Å²) in [4.78, 5) is 12.2. The van der Waals surface area contributed by atoms with Crippen molar-refractivity contribution in [2.24, 2.45) is 5.14 Å². The van der Waals surface area contributed by atoms with Crippen LogP contribution in [0.1, 0.15) is 10.4 Å². The van der Waals surface area contributed by atoms with Crippen LogP contribution in [-0.2, 0) is 10.0 Å². The highest BCUT2D eigenvalue weighted by atomic mass is 127. The first-order chi connectivity index (χ1) is 11.2. The third-order valence-corrected chi connectivity index (χ3v) is 4.97. The molecule has 24 heavy (non-hydrogen) atoms. The van der Waals surface area contributed by atoms with Crippen LogP contribution in [0.25, 0.3) is 0 Å². The van der Waals surface area contributed by atoms with Gasteiger partial charge in [0.1, 0.15) is 0 Å². The molecule has 1 amide bonds. The molecule has 0 saturated heterocycles. The summed E-state index contributed by atoms with van der Waals surface area (Å²) in [7, 11) is -3.76. The van der Waals surface area contributed by atoms with Crippen LogP contribution in [0, 0.1) is 3.57 Å². The van der Waals surface area contributed by atoms with Gasteiger partial charge in [-0.05, 0) is 77.3 Å². The lowest BCUT2D eigenvalue weighted by atomic mass is 10.2. The average molecular weight is 496 g/mol. The summed E-state index contributed by atoms with van der Waals surface area (Å²) in [5.74, 6) is -0.447. The molecule has 0 aliphatic carbocycles. The average Bonchev–Trinajstić information content (AvgIpc) is 2.49.